The van der Waals surface area contributed by atoms with Gasteiger partial charge in [0, 0.05) is 30.1 Å². The zero-order valence-corrected chi connectivity index (χ0v) is 14.3. The summed E-state index contributed by atoms with van der Waals surface area (Å²) in [6.45, 7) is 0.858. The predicted octanol–water partition coefficient (Wildman–Crippen LogP) is 4.73. The van der Waals surface area contributed by atoms with Crippen LogP contribution in [0.2, 0.25) is 0 Å². The number of hydrogen-bond acceptors (Lipinski definition) is 2. The number of fused-ring (bicyclic) bond motifs is 2. The number of Topliss-reactive ketones (excluding diaryl/α,β-unsaturated/α-hetero) is 1. The minimum atomic E-state index is -1.53. The maximum atomic E-state index is 13.5. The Bertz CT molecular complexity index is 786. The molecule has 0 aromatic heterocycles. The van der Waals surface area contributed by atoms with Crippen LogP contribution in [0.25, 0.3) is 0 Å². The lowest BCUT2D eigenvalue weighted by atomic mass is 9.84. The van der Waals surface area contributed by atoms with Crippen molar-refractivity contribution in [2.75, 3.05) is 0 Å². The lowest BCUT2D eigenvalue weighted by Gasteiger charge is -2.38. The number of ketones is 1. The van der Waals surface area contributed by atoms with E-state index in [1.807, 2.05) is 18.2 Å². The van der Waals surface area contributed by atoms with Crippen LogP contribution in [0.15, 0.2) is 42.5 Å². The molecule has 2 saturated heterocycles. The van der Waals surface area contributed by atoms with Gasteiger partial charge in [-0.2, -0.15) is 0 Å². The van der Waals surface area contributed by atoms with Crippen LogP contribution in [0.3, 0.4) is 0 Å². The number of halogens is 3. The van der Waals surface area contributed by atoms with Crippen molar-refractivity contribution < 1.29 is 18.0 Å². The smallest absolute Gasteiger partial charge is 0.194 e. The number of hydrogen-bond donors (Lipinski definition) is 0. The SMILES string of the molecule is O=C(c1cc(F)c(F)c(F)c1)C1CC2CCC(C1)N2Cc1ccccc1. The lowest BCUT2D eigenvalue weighted by molar-refractivity contribution is 0.0677. The third-order valence-corrected chi connectivity index (χ3v) is 5.73. The molecule has 2 aromatic carbocycles. The standard InChI is InChI=1S/C21H20F3NO/c22-18-10-15(11-19(23)20(18)24)21(26)14-8-16-6-7-17(9-14)25(16)12-13-4-2-1-3-5-13/h1-5,10-11,14,16-17H,6-9,12H2. The zero-order chi connectivity index (χ0) is 18.3. The fourth-order valence-corrected chi connectivity index (χ4v) is 4.47. The molecule has 136 valence electrons. The summed E-state index contributed by atoms with van der Waals surface area (Å²) in [4.78, 5) is 15.2. The van der Waals surface area contributed by atoms with Crippen LogP contribution in [0.4, 0.5) is 13.2 Å². The average molecular weight is 359 g/mol. The van der Waals surface area contributed by atoms with Gasteiger partial charge in [-0.05, 0) is 43.4 Å². The van der Waals surface area contributed by atoms with Crippen LogP contribution in [-0.4, -0.2) is 22.8 Å². The van der Waals surface area contributed by atoms with E-state index in [-0.39, 0.29) is 17.3 Å². The van der Waals surface area contributed by atoms with Crippen molar-refractivity contribution in [3.05, 3.63) is 71.0 Å². The van der Waals surface area contributed by atoms with Gasteiger partial charge in [0.1, 0.15) is 0 Å². The zero-order valence-electron chi connectivity index (χ0n) is 14.3. The van der Waals surface area contributed by atoms with Crippen molar-refractivity contribution >= 4 is 5.78 Å². The molecule has 2 nitrogen and oxygen atoms in total. The van der Waals surface area contributed by atoms with E-state index < -0.39 is 17.5 Å². The summed E-state index contributed by atoms with van der Waals surface area (Å²) in [5, 5.41) is 0. The maximum absolute atomic E-state index is 13.5. The van der Waals surface area contributed by atoms with Crippen molar-refractivity contribution in [2.45, 2.75) is 44.3 Å². The summed E-state index contributed by atoms with van der Waals surface area (Å²) in [5.74, 6) is -4.68. The Morgan fingerprint density at radius 3 is 2.12 bits per heavy atom. The first-order valence-corrected chi connectivity index (χ1v) is 9.01. The first-order valence-electron chi connectivity index (χ1n) is 9.01. The molecule has 2 atom stereocenters. The quantitative estimate of drug-likeness (QED) is 0.581. The molecule has 0 aliphatic carbocycles. The Labute approximate surface area is 150 Å². The fraction of sp³-hybridized carbons (Fsp3) is 0.381. The summed E-state index contributed by atoms with van der Waals surface area (Å²) < 4.78 is 40.1. The van der Waals surface area contributed by atoms with E-state index in [0.717, 1.165) is 31.5 Å². The molecule has 4 rings (SSSR count). The van der Waals surface area contributed by atoms with E-state index in [0.29, 0.717) is 24.9 Å². The van der Waals surface area contributed by atoms with E-state index in [2.05, 4.69) is 17.0 Å². The molecule has 2 fully saturated rings. The van der Waals surface area contributed by atoms with Crippen LogP contribution in [-0.2, 0) is 6.54 Å². The van der Waals surface area contributed by atoms with E-state index in [9.17, 15) is 18.0 Å². The number of nitrogens with zero attached hydrogens (tertiary/aromatic N) is 1. The van der Waals surface area contributed by atoms with Gasteiger partial charge in [0.25, 0.3) is 0 Å². The molecular formula is C21H20F3NO. The minimum Gasteiger partial charge on any atom is -0.294 e. The molecule has 26 heavy (non-hydrogen) atoms. The van der Waals surface area contributed by atoms with E-state index in [1.165, 1.54) is 5.56 Å². The molecular weight excluding hydrogens is 339 g/mol. The highest BCUT2D eigenvalue weighted by molar-refractivity contribution is 5.98. The number of carbonyl (C=O) groups excluding carboxylic acids is 1. The van der Waals surface area contributed by atoms with Crippen molar-refractivity contribution in [1.29, 1.82) is 0 Å². The monoisotopic (exact) mass is 359 g/mol. The molecule has 0 saturated carbocycles. The Morgan fingerprint density at radius 2 is 1.54 bits per heavy atom. The molecule has 0 spiro atoms. The van der Waals surface area contributed by atoms with Crippen molar-refractivity contribution in [1.82, 2.24) is 4.90 Å². The lowest BCUT2D eigenvalue weighted by Crippen LogP contribution is -2.44. The highest BCUT2D eigenvalue weighted by Gasteiger charge is 2.42. The molecule has 0 N–H and O–H groups in total. The van der Waals surface area contributed by atoms with Gasteiger partial charge in [-0.1, -0.05) is 30.3 Å². The van der Waals surface area contributed by atoms with Gasteiger partial charge < -0.3 is 0 Å². The second kappa shape index (κ2) is 6.88. The largest absolute Gasteiger partial charge is 0.294 e. The fourth-order valence-electron chi connectivity index (χ4n) is 4.47. The average Bonchev–Trinajstić information content (AvgIpc) is 2.87. The van der Waals surface area contributed by atoms with Gasteiger partial charge in [0.2, 0.25) is 0 Å². The van der Waals surface area contributed by atoms with Crippen molar-refractivity contribution in [3.63, 3.8) is 0 Å². The number of piperidine rings is 1. The maximum Gasteiger partial charge on any atom is 0.194 e. The highest BCUT2D eigenvalue weighted by Crippen LogP contribution is 2.40. The third-order valence-electron chi connectivity index (χ3n) is 5.73. The summed E-state index contributed by atoms with van der Waals surface area (Å²) in [7, 11) is 0. The number of rotatable bonds is 4. The van der Waals surface area contributed by atoms with E-state index >= 15 is 0 Å². The van der Waals surface area contributed by atoms with Crippen molar-refractivity contribution in [2.24, 2.45) is 5.92 Å². The van der Waals surface area contributed by atoms with Gasteiger partial charge >= 0.3 is 0 Å². The highest BCUT2D eigenvalue weighted by atomic mass is 19.2. The van der Waals surface area contributed by atoms with Crippen molar-refractivity contribution in [3.8, 4) is 0 Å². The molecule has 2 heterocycles. The van der Waals surface area contributed by atoms with E-state index in [1.54, 1.807) is 0 Å². The summed E-state index contributed by atoms with van der Waals surface area (Å²) >= 11 is 0. The van der Waals surface area contributed by atoms with Gasteiger partial charge in [0.05, 0.1) is 0 Å². The van der Waals surface area contributed by atoms with Crippen LogP contribution in [0, 0.1) is 23.4 Å². The van der Waals surface area contributed by atoms with Crippen LogP contribution < -0.4 is 0 Å². The molecule has 2 bridgehead atoms. The number of carbonyl (C=O) groups is 1. The van der Waals surface area contributed by atoms with Gasteiger partial charge in [-0.3, -0.25) is 9.69 Å². The van der Waals surface area contributed by atoms with Crippen LogP contribution in [0.5, 0.6) is 0 Å². The molecule has 2 aliphatic heterocycles. The molecule has 0 radical (unpaired) electrons. The second-order valence-corrected chi connectivity index (χ2v) is 7.33. The normalized spacial score (nSPS) is 25.4. The summed E-state index contributed by atoms with van der Waals surface area (Å²) in [5.41, 5.74) is 1.18. The predicted molar refractivity (Wildman–Crippen MR) is 92.2 cm³/mol. The van der Waals surface area contributed by atoms with Gasteiger partial charge in [-0.25, -0.2) is 13.2 Å². The molecule has 2 aliphatic rings. The Balaban J connectivity index is 1.49. The molecule has 0 amide bonds. The Morgan fingerprint density at radius 1 is 0.962 bits per heavy atom. The Hall–Kier alpha value is -2.14. The molecule has 2 aromatic rings. The minimum absolute atomic E-state index is 0.0673. The van der Waals surface area contributed by atoms with E-state index in [4.69, 9.17) is 0 Å². The van der Waals surface area contributed by atoms with Gasteiger partial charge in [0.15, 0.2) is 23.2 Å². The van der Waals surface area contributed by atoms with Crippen LogP contribution >= 0.6 is 0 Å². The van der Waals surface area contributed by atoms with Crippen LogP contribution in [0.1, 0.15) is 41.6 Å². The first kappa shape index (κ1) is 17.3. The van der Waals surface area contributed by atoms with Gasteiger partial charge in [-0.15, -0.1) is 0 Å². The second-order valence-electron chi connectivity index (χ2n) is 7.33. The molecule has 5 heteroatoms. The number of benzene rings is 2. The summed E-state index contributed by atoms with van der Waals surface area (Å²) in [6.07, 6.45) is 3.44. The topological polar surface area (TPSA) is 20.3 Å². The molecule has 2 unspecified atom stereocenters. The Kier molecular flexibility index (Phi) is 4.57. The first-order chi connectivity index (χ1) is 12.5. The summed E-state index contributed by atoms with van der Waals surface area (Å²) in [6, 6.07) is 12.5. The third kappa shape index (κ3) is 3.16.